The van der Waals surface area contributed by atoms with E-state index in [2.05, 4.69) is 0 Å². The molecule has 2 heterocycles. The van der Waals surface area contributed by atoms with Crippen molar-refractivity contribution < 1.29 is 29.3 Å². The van der Waals surface area contributed by atoms with Crippen LogP contribution in [0, 0.1) is 11.8 Å². The lowest BCUT2D eigenvalue weighted by atomic mass is 9.79. The lowest BCUT2D eigenvalue weighted by molar-refractivity contribution is -0.172. The number of ether oxygens (including phenoxy) is 2. The molecule has 0 spiro atoms. The normalized spacial score (nSPS) is 37.4. The molecule has 3 rings (SSSR count). The lowest BCUT2D eigenvalue weighted by Crippen LogP contribution is -2.36. The van der Waals surface area contributed by atoms with Gasteiger partial charge >= 0.3 is 11.9 Å². The number of carbonyl (C=O) groups excluding carboxylic acids is 2. The van der Waals surface area contributed by atoms with Crippen LogP contribution in [0.25, 0.3) is 0 Å². The molecule has 0 saturated heterocycles. The fourth-order valence-corrected chi connectivity index (χ4v) is 2.75. The van der Waals surface area contributed by atoms with E-state index in [9.17, 15) is 19.8 Å². The van der Waals surface area contributed by atoms with Crippen LogP contribution in [-0.2, 0) is 19.1 Å². The molecule has 6 heteroatoms. The van der Waals surface area contributed by atoms with Gasteiger partial charge < -0.3 is 19.7 Å². The zero-order valence-electron chi connectivity index (χ0n) is 11.5. The number of hydrogen-bond acceptors (Lipinski definition) is 6. The topological polar surface area (TPSA) is 93.1 Å². The summed E-state index contributed by atoms with van der Waals surface area (Å²) in [6, 6.07) is 0. The molecule has 0 amide bonds. The predicted octanol–water partition coefficient (Wildman–Crippen LogP) is 0.562. The number of allylic oxidation sites excluding steroid dienone is 1. The first kappa shape index (κ1) is 14.0. The van der Waals surface area contributed by atoms with Crippen LogP contribution < -0.4 is 0 Å². The smallest absolute Gasteiger partial charge is 0.336 e. The van der Waals surface area contributed by atoms with Crippen LogP contribution >= 0.6 is 0 Å². The standard InChI is InChI=1S/C15H16O6/c1-7-2-4-9-11-6-8(13(17)20-12(7)16)3-5-10(11)15(19)21-14(9)18/h2-4,7,10,12,14,16,18H,5-6H2,1H3/b4-2-. The van der Waals surface area contributed by atoms with Gasteiger partial charge in [-0.15, -0.1) is 0 Å². The molecular formula is C15H16O6. The monoisotopic (exact) mass is 292 g/mol. The van der Waals surface area contributed by atoms with Gasteiger partial charge in [0.25, 0.3) is 0 Å². The number of carbonyl (C=O) groups is 2. The highest BCUT2D eigenvalue weighted by atomic mass is 16.6. The molecule has 3 aliphatic rings. The van der Waals surface area contributed by atoms with Gasteiger partial charge in [0, 0.05) is 23.5 Å². The quantitative estimate of drug-likeness (QED) is 0.634. The molecule has 0 aromatic heterocycles. The van der Waals surface area contributed by atoms with E-state index in [-0.39, 0.29) is 6.42 Å². The minimum atomic E-state index is -1.33. The van der Waals surface area contributed by atoms with Gasteiger partial charge in [-0.25, -0.2) is 4.79 Å². The van der Waals surface area contributed by atoms with Crippen molar-refractivity contribution in [2.75, 3.05) is 0 Å². The van der Waals surface area contributed by atoms with Crippen LogP contribution in [0.2, 0.25) is 0 Å². The van der Waals surface area contributed by atoms with Crippen molar-refractivity contribution in [3.8, 4) is 0 Å². The average Bonchev–Trinajstić information content (AvgIpc) is 2.45. The number of esters is 2. The van der Waals surface area contributed by atoms with Crippen molar-refractivity contribution >= 4 is 11.9 Å². The third-order valence-electron chi connectivity index (χ3n) is 4.07. The van der Waals surface area contributed by atoms with Crippen LogP contribution in [0.1, 0.15) is 19.8 Å². The average molecular weight is 292 g/mol. The van der Waals surface area contributed by atoms with Gasteiger partial charge in [0.05, 0.1) is 5.92 Å². The molecule has 1 aliphatic carbocycles. The van der Waals surface area contributed by atoms with Crippen molar-refractivity contribution in [1.82, 2.24) is 0 Å². The van der Waals surface area contributed by atoms with Crippen LogP contribution in [0.3, 0.4) is 0 Å². The molecule has 0 saturated carbocycles. The number of cyclic esters (lactones) is 2. The van der Waals surface area contributed by atoms with Crippen molar-refractivity contribution in [2.24, 2.45) is 11.8 Å². The first-order valence-corrected chi connectivity index (χ1v) is 6.85. The number of aliphatic hydroxyl groups is 2. The number of fused-ring (bicyclic) bond motifs is 1. The van der Waals surface area contributed by atoms with Gasteiger partial charge in [-0.05, 0) is 12.0 Å². The summed E-state index contributed by atoms with van der Waals surface area (Å²) in [4.78, 5) is 23.8. The molecule has 4 atom stereocenters. The summed E-state index contributed by atoms with van der Waals surface area (Å²) in [5.41, 5.74) is 1.56. The summed E-state index contributed by atoms with van der Waals surface area (Å²) in [5, 5.41) is 19.8. The Labute approximate surface area is 121 Å². The summed E-state index contributed by atoms with van der Waals surface area (Å²) >= 11 is 0. The second-order valence-electron chi connectivity index (χ2n) is 5.48. The highest BCUT2D eigenvalue weighted by molar-refractivity contribution is 5.91. The third-order valence-corrected chi connectivity index (χ3v) is 4.07. The molecule has 4 unspecified atom stereocenters. The molecule has 0 aromatic carbocycles. The summed E-state index contributed by atoms with van der Waals surface area (Å²) in [5.74, 6) is -1.99. The largest absolute Gasteiger partial charge is 0.432 e. The van der Waals surface area contributed by atoms with Gasteiger partial charge in [-0.2, -0.15) is 0 Å². The van der Waals surface area contributed by atoms with E-state index in [0.29, 0.717) is 23.1 Å². The minimum absolute atomic E-state index is 0.219. The summed E-state index contributed by atoms with van der Waals surface area (Å²) in [7, 11) is 0. The van der Waals surface area contributed by atoms with Gasteiger partial charge in [0.1, 0.15) is 0 Å². The number of aliphatic hydroxyl groups excluding tert-OH is 2. The van der Waals surface area contributed by atoms with Crippen molar-refractivity contribution in [2.45, 2.75) is 32.3 Å². The Balaban J connectivity index is 2.11. The van der Waals surface area contributed by atoms with E-state index < -0.39 is 36.4 Å². The number of rotatable bonds is 0. The highest BCUT2D eigenvalue weighted by Crippen LogP contribution is 2.38. The summed E-state index contributed by atoms with van der Waals surface area (Å²) in [6.45, 7) is 1.68. The fraction of sp³-hybridized carbons (Fsp3) is 0.467. The lowest BCUT2D eigenvalue weighted by Gasteiger charge is -2.33. The molecule has 0 aromatic rings. The zero-order valence-corrected chi connectivity index (χ0v) is 11.5. The Bertz CT molecular complexity index is 585. The van der Waals surface area contributed by atoms with Gasteiger partial charge in [-0.3, -0.25) is 4.79 Å². The maximum absolute atomic E-state index is 12.0. The second-order valence-corrected chi connectivity index (χ2v) is 5.48. The SMILES string of the molecule is CC1/C=C\C2=C3CC(=CCC3C(=O)OC2O)C(=O)OC1O. The Morgan fingerprint density at radius 3 is 2.76 bits per heavy atom. The Morgan fingerprint density at radius 1 is 1.24 bits per heavy atom. The van der Waals surface area contributed by atoms with Crippen LogP contribution in [0.15, 0.2) is 34.9 Å². The maximum Gasteiger partial charge on any atom is 0.336 e. The van der Waals surface area contributed by atoms with E-state index in [4.69, 9.17) is 9.47 Å². The summed E-state index contributed by atoms with van der Waals surface area (Å²) < 4.78 is 9.94. The Hall–Kier alpha value is -1.92. The van der Waals surface area contributed by atoms with Crippen LogP contribution in [-0.4, -0.2) is 34.7 Å². The van der Waals surface area contributed by atoms with E-state index in [1.54, 1.807) is 25.2 Å². The molecule has 0 fully saturated rings. The molecule has 21 heavy (non-hydrogen) atoms. The summed E-state index contributed by atoms with van der Waals surface area (Å²) in [6.07, 6.45) is 2.86. The number of hydrogen-bond donors (Lipinski definition) is 2. The molecule has 112 valence electrons. The van der Waals surface area contributed by atoms with Crippen molar-refractivity contribution in [3.63, 3.8) is 0 Å². The van der Waals surface area contributed by atoms with Crippen molar-refractivity contribution in [1.29, 1.82) is 0 Å². The minimum Gasteiger partial charge on any atom is -0.432 e. The van der Waals surface area contributed by atoms with E-state index in [1.807, 2.05) is 0 Å². The molecule has 0 radical (unpaired) electrons. The van der Waals surface area contributed by atoms with Crippen LogP contribution in [0.5, 0.6) is 0 Å². The van der Waals surface area contributed by atoms with Crippen LogP contribution in [0.4, 0.5) is 0 Å². The maximum atomic E-state index is 12.0. The zero-order chi connectivity index (χ0) is 15.1. The first-order chi connectivity index (χ1) is 9.97. The van der Waals surface area contributed by atoms with E-state index in [0.717, 1.165) is 0 Å². The highest BCUT2D eigenvalue weighted by Gasteiger charge is 2.39. The van der Waals surface area contributed by atoms with Gasteiger partial charge in [-0.1, -0.05) is 25.2 Å². The third kappa shape index (κ3) is 2.41. The Morgan fingerprint density at radius 2 is 2.00 bits per heavy atom. The molecule has 6 nitrogen and oxygen atoms in total. The molecule has 2 bridgehead atoms. The Kier molecular flexibility index (Phi) is 3.43. The van der Waals surface area contributed by atoms with Gasteiger partial charge in [0.15, 0.2) is 0 Å². The van der Waals surface area contributed by atoms with Gasteiger partial charge in [0.2, 0.25) is 12.6 Å². The molecular weight excluding hydrogens is 276 g/mol. The van der Waals surface area contributed by atoms with E-state index in [1.165, 1.54) is 0 Å². The first-order valence-electron chi connectivity index (χ1n) is 6.85. The second kappa shape index (κ2) is 5.13. The molecule has 2 aliphatic heterocycles. The predicted molar refractivity (Wildman–Crippen MR) is 70.3 cm³/mol. The van der Waals surface area contributed by atoms with Crippen molar-refractivity contribution in [3.05, 3.63) is 34.9 Å². The molecule has 2 N–H and O–H groups in total. The fourth-order valence-electron chi connectivity index (χ4n) is 2.75. The van der Waals surface area contributed by atoms with E-state index >= 15 is 0 Å².